The Morgan fingerprint density at radius 3 is 2.70 bits per heavy atom. The van der Waals surface area contributed by atoms with Gasteiger partial charge in [0.05, 0.1) is 12.3 Å². The number of rotatable bonds is 3. The van der Waals surface area contributed by atoms with Crippen LogP contribution >= 0.6 is 0 Å². The number of ether oxygens (including phenoxy) is 2. The SMILES string of the molecule is [C-]#[N+]c1ccc2c(c1)[C@@H](Oc1ccn(-c3ccccc3)n1)[C@H](O)C(C)(C)O2. The van der Waals surface area contributed by atoms with Crippen molar-refractivity contribution < 1.29 is 14.6 Å². The number of hydrogen-bond acceptors (Lipinski definition) is 4. The zero-order valence-corrected chi connectivity index (χ0v) is 15.0. The van der Waals surface area contributed by atoms with E-state index in [0.717, 1.165) is 5.69 Å². The van der Waals surface area contributed by atoms with E-state index in [2.05, 4.69) is 9.94 Å². The number of aromatic nitrogens is 2. The van der Waals surface area contributed by atoms with Crippen molar-refractivity contribution in [3.05, 3.63) is 77.8 Å². The van der Waals surface area contributed by atoms with Crippen LogP contribution in [0.15, 0.2) is 60.8 Å². The fourth-order valence-electron chi connectivity index (χ4n) is 3.15. The zero-order chi connectivity index (χ0) is 19.0. The molecule has 0 saturated carbocycles. The summed E-state index contributed by atoms with van der Waals surface area (Å²) >= 11 is 0. The molecule has 0 aliphatic carbocycles. The van der Waals surface area contributed by atoms with Gasteiger partial charge < -0.3 is 14.6 Å². The van der Waals surface area contributed by atoms with Gasteiger partial charge in [-0.2, -0.15) is 0 Å². The second-order valence-corrected chi connectivity index (χ2v) is 6.96. The number of para-hydroxylation sites is 1. The third-order valence-electron chi connectivity index (χ3n) is 4.63. The van der Waals surface area contributed by atoms with Gasteiger partial charge in [-0.3, -0.25) is 0 Å². The summed E-state index contributed by atoms with van der Waals surface area (Å²) in [6, 6.07) is 16.6. The van der Waals surface area contributed by atoms with Gasteiger partial charge >= 0.3 is 0 Å². The molecular formula is C21H19N3O3. The Hall–Kier alpha value is -3.30. The topological polar surface area (TPSA) is 60.9 Å². The lowest BCUT2D eigenvalue weighted by Crippen LogP contribution is -2.50. The summed E-state index contributed by atoms with van der Waals surface area (Å²) in [4.78, 5) is 3.46. The van der Waals surface area contributed by atoms with Crippen LogP contribution < -0.4 is 9.47 Å². The van der Waals surface area contributed by atoms with E-state index in [0.29, 0.717) is 22.9 Å². The summed E-state index contributed by atoms with van der Waals surface area (Å²) in [7, 11) is 0. The Balaban J connectivity index is 1.69. The van der Waals surface area contributed by atoms with Gasteiger partial charge in [-0.05, 0) is 38.1 Å². The molecule has 1 aliphatic heterocycles. The first-order chi connectivity index (χ1) is 13.0. The second kappa shape index (κ2) is 6.45. The van der Waals surface area contributed by atoms with Crippen LogP contribution in [0.5, 0.6) is 11.6 Å². The largest absolute Gasteiger partial charge is 0.485 e. The predicted octanol–water partition coefficient (Wildman–Crippen LogP) is 4.08. The summed E-state index contributed by atoms with van der Waals surface area (Å²) < 4.78 is 13.7. The van der Waals surface area contributed by atoms with Gasteiger partial charge in [-0.1, -0.05) is 24.3 Å². The molecule has 1 aliphatic rings. The van der Waals surface area contributed by atoms with Crippen LogP contribution in [0.3, 0.4) is 0 Å². The zero-order valence-electron chi connectivity index (χ0n) is 15.0. The van der Waals surface area contributed by atoms with Crippen molar-refractivity contribution in [2.45, 2.75) is 31.7 Å². The maximum atomic E-state index is 10.8. The Morgan fingerprint density at radius 2 is 1.96 bits per heavy atom. The van der Waals surface area contributed by atoms with Crippen LogP contribution in [0.1, 0.15) is 25.5 Å². The monoisotopic (exact) mass is 361 g/mol. The van der Waals surface area contributed by atoms with Crippen LogP contribution in [0, 0.1) is 6.57 Å². The maximum Gasteiger partial charge on any atom is 0.233 e. The molecule has 0 bridgehead atoms. The van der Waals surface area contributed by atoms with E-state index < -0.39 is 17.8 Å². The number of aliphatic hydroxyl groups excluding tert-OH is 1. The molecule has 27 heavy (non-hydrogen) atoms. The third-order valence-corrected chi connectivity index (χ3v) is 4.63. The summed E-state index contributed by atoms with van der Waals surface area (Å²) in [6.07, 6.45) is 0.190. The molecule has 0 amide bonds. The van der Waals surface area contributed by atoms with Crippen molar-refractivity contribution in [1.29, 1.82) is 0 Å². The molecule has 4 rings (SSSR count). The van der Waals surface area contributed by atoms with E-state index in [9.17, 15) is 5.11 Å². The highest BCUT2D eigenvalue weighted by atomic mass is 16.5. The smallest absolute Gasteiger partial charge is 0.233 e. The van der Waals surface area contributed by atoms with Gasteiger partial charge in [0.2, 0.25) is 5.88 Å². The highest BCUT2D eigenvalue weighted by Crippen LogP contribution is 2.43. The summed E-state index contributed by atoms with van der Waals surface area (Å²) in [6.45, 7) is 10.9. The maximum absolute atomic E-state index is 10.8. The summed E-state index contributed by atoms with van der Waals surface area (Å²) in [5.74, 6) is 0.991. The molecule has 2 heterocycles. The Morgan fingerprint density at radius 1 is 1.19 bits per heavy atom. The molecule has 2 atom stereocenters. The Labute approximate surface area is 157 Å². The summed E-state index contributed by atoms with van der Waals surface area (Å²) in [5, 5.41) is 15.3. The normalized spacial score (nSPS) is 20.2. The van der Waals surface area contributed by atoms with Gasteiger partial charge in [0.25, 0.3) is 0 Å². The standard InChI is InChI=1S/C21H19N3O3/c1-21(2)20(25)19(16-13-14(22-3)9-10-17(16)27-21)26-18-11-12-24(23-18)15-7-5-4-6-8-15/h4-13,19-20,25H,1-2H3/t19-,20+/m1/s1. The van der Waals surface area contributed by atoms with E-state index >= 15 is 0 Å². The third kappa shape index (κ3) is 3.14. The number of fused-ring (bicyclic) bond motifs is 1. The van der Waals surface area contributed by atoms with Crippen LogP contribution in [0.25, 0.3) is 10.5 Å². The van der Waals surface area contributed by atoms with Crippen LogP contribution in [0.2, 0.25) is 0 Å². The minimum absolute atomic E-state index is 0.389. The molecule has 1 aromatic heterocycles. The highest BCUT2D eigenvalue weighted by Gasteiger charge is 2.44. The first kappa shape index (κ1) is 17.1. The number of aliphatic hydroxyl groups is 1. The van der Waals surface area contributed by atoms with E-state index in [1.165, 1.54) is 0 Å². The van der Waals surface area contributed by atoms with Crippen molar-refractivity contribution >= 4 is 5.69 Å². The van der Waals surface area contributed by atoms with Gasteiger partial charge in [-0.15, -0.1) is 5.10 Å². The molecule has 0 spiro atoms. The van der Waals surface area contributed by atoms with Crippen molar-refractivity contribution in [2.24, 2.45) is 0 Å². The Kier molecular flexibility index (Phi) is 4.09. The Bertz CT molecular complexity index is 1010. The van der Waals surface area contributed by atoms with E-state index in [-0.39, 0.29) is 0 Å². The van der Waals surface area contributed by atoms with Gasteiger partial charge in [0.1, 0.15) is 17.5 Å². The molecule has 0 radical (unpaired) electrons. The highest BCUT2D eigenvalue weighted by molar-refractivity contribution is 5.54. The number of hydrogen-bond donors (Lipinski definition) is 1. The molecular weight excluding hydrogens is 342 g/mol. The van der Waals surface area contributed by atoms with Crippen LogP contribution in [-0.4, -0.2) is 26.6 Å². The van der Waals surface area contributed by atoms with Crippen molar-refractivity contribution in [2.75, 3.05) is 0 Å². The van der Waals surface area contributed by atoms with E-state index in [1.54, 1.807) is 35.1 Å². The average Bonchev–Trinajstić information content (AvgIpc) is 3.14. The molecule has 136 valence electrons. The lowest BCUT2D eigenvalue weighted by Gasteiger charge is -2.41. The molecule has 3 aromatic rings. The van der Waals surface area contributed by atoms with Crippen LogP contribution in [-0.2, 0) is 0 Å². The average molecular weight is 361 g/mol. The molecule has 0 unspecified atom stereocenters. The van der Waals surface area contributed by atoms with Crippen molar-refractivity contribution in [3.63, 3.8) is 0 Å². The lowest BCUT2D eigenvalue weighted by atomic mass is 9.88. The first-order valence-electron chi connectivity index (χ1n) is 8.64. The molecule has 0 fully saturated rings. The first-order valence-corrected chi connectivity index (χ1v) is 8.64. The summed E-state index contributed by atoms with van der Waals surface area (Å²) in [5.41, 5.74) is 1.19. The van der Waals surface area contributed by atoms with Crippen LogP contribution in [0.4, 0.5) is 5.69 Å². The fraction of sp³-hybridized carbons (Fsp3) is 0.238. The lowest BCUT2D eigenvalue weighted by molar-refractivity contribution is -0.104. The minimum Gasteiger partial charge on any atom is -0.485 e. The second-order valence-electron chi connectivity index (χ2n) is 6.96. The molecule has 2 aromatic carbocycles. The number of nitrogens with zero attached hydrogens (tertiary/aromatic N) is 3. The van der Waals surface area contributed by atoms with Gasteiger partial charge in [0.15, 0.2) is 11.8 Å². The van der Waals surface area contributed by atoms with E-state index in [4.69, 9.17) is 16.0 Å². The van der Waals surface area contributed by atoms with Gasteiger partial charge in [0, 0.05) is 17.8 Å². The molecule has 6 heteroatoms. The number of benzene rings is 2. The molecule has 0 saturated heterocycles. The molecule has 6 nitrogen and oxygen atoms in total. The van der Waals surface area contributed by atoms with E-state index in [1.807, 2.05) is 44.2 Å². The van der Waals surface area contributed by atoms with Crippen molar-refractivity contribution in [3.8, 4) is 17.3 Å². The predicted molar refractivity (Wildman–Crippen MR) is 100 cm³/mol. The van der Waals surface area contributed by atoms with Crippen molar-refractivity contribution in [1.82, 2.24) is 9.78 Å². The quantitative estimate of drug-likeness (QED) is 0.714. The fourth-order valence-corrected chi connectivity index (χ4v) is 3.15. The van der Waals surface area contributed by atoms with Gasteiger partial charge in [-0.25, -0.2) is 9.53 Å². The minimum atomic E-state index is -0.923. The molecule has 1 N–H and O–H groups in total.